The minimum atomic E-state index is -0.487. The van der Waals surface area contributed by atoms with E-state index in [1.54, 1.807) is 6.92 Å². The SMILES string of the molecule is Cc1nc(N=O)c(N)c(N)c1Cc1cccc(C2(C#N)CCCC2)n1. The number of rotatable bonds is 4. The van der Waals surface area contributed by atoms with Crippen LogP contribution in [0.4, 0.5) is 17.2 Å². The van der Waals surface area contributed by atoms with Crippen LogP contribution in [0, 0.1) is 23.2 Å². The fourth-order valence-electron chi connectivity index (χ4n) is 3.49. The van der Waals surface area contributed by atoms with E-state index in [1.807, 2.05) is 18.2 Å². The van der Waals surface area contributed by atoms with Crippen LogP contribution in [0.3, 0.4) is 0 Å². The minimum absolute atomic E-state index is 0.0881. The molecule has 4 N–H and O–H groups in total. The second-order valence-corrected chi connectivity index (χ2v) is 6.51. The van der Waals surface area contributed by atoms with Crippen molar-refractivity contribution in [1.29, 1.82) is 5.26 Å². The first-order valence-corrected chi connectivity index (χ1v) is 8.26. The van der Waals surface area contributed by atoms with Gasteiger partial charge in [-0.2, -0.15) is 5.26 Å². The Kier molecular flexibility index (Phi) is 4.36. The van der Waals surface area contributed by atoms with E-state index in [9.17, 15) is 10.2 Å². The minimum Gasteiger partial charge on any atom is -0.397 e. The lowest BCUT2D eigenvalue weighted by molar-refractivity contribution is 0.552. The molecule has 1 aliphatic rings. The molecule has 2 heterocycles. The van der Waals surface area contributed by atoms with Crippen molar-refractivity contribution in [3.63, 3.8) is 0 Å². The van der Waals surface area contributed by atoms with Crippen molar-refractivity contribution in [2.24, 2.45) is 5.18 Å². The third kappa shape index (κ3) is 2.91. The number of nitroso groups, excluding NO2 is 1. The van der Waals surface area contributed by atoms with Crippen molar-refractivity contribution in [2.75, 3.05) is 11.5 Å². The zero-order valence-electron chi connectivity index (χ0n) is 14.1. The fourth-order valence-corrected chi connectivity index (χ4v) is 3.49. The molecule has 0 atom stereocenters. The Morgan fingerprint density at radius 1 is 1.24 bits per heavy atom. The lowest BCUT2D eigenvalue weighted by Crippen LogP contribution is -2.21. The van der Waals surface area contributed by atoms with Gasteiger partial charge < -0.3 is 11.5 Å². The summed E-state index contributed by atoms with van der Waals surface area (Å²) in [4.78, 5) is 19.6. The van der Waals surface area contributed by atoms with Crippen molar-refractivity contribution in [2.45, 2.75) is 44.4 Å². The highest BCUT2D eigenvalue weighted by atomic mass is 16.3. The van der Waals surface area contributed by atoms with Crippen molar-refractivity contribution in [3.8, 4) is 6.07 Å². The van der Waals surface area contributed by atoms with E-state index in [-0.39, 0.29) is 11.5 Å². The van der Waals surface area contributed by atoms with Gasteiger partial charge in [-0.1, -0.05) is 18.9 Å². The molecule has 3 rings (SSSR count). The van der Waals surface area contributed by atoms with Gasteiger partial charge in [0.25, 0.3) is 0 Å². The first-order chi connectivity index (χ1) is 12.0. The molecule has 128 valence electrons. The van der Waals surface area contributed by atoms with Gasteiger partial charge in [0.15, 0.2) is 0 Å². The smallest absolute Gasteiger partial charge is 0.222 e. The molecule has 0 unspecified atom stereocenters. The topological polar surface area (TPSA) is 131 Å². The Hall–Kier alpha value is -3.01. The largest absolute Gasteiger partial charge is 0.397 e. The number of nitrogens with zero attached hydrogens (tertiary/aromatic N) is 4. The number of aryl methyl sites for hydroxylation is 1. The molecule has 0 radical (unpaired) electrons. The fraction of sp³-hybridized carbons (Fsp3) is 0.389. The van der Waals surface area contributed by atoms with E-state index >= 15 is 0 Å². The molecule has 0 bridgehead atoms. The van der Waals surface area contributed by atoms with Crippen LogP contribution >= 0.6 is 0 Å². The van der Waals surface area contributed by atoms with Crippen LogP contribution in [-0.2, 0) is 11.8 Å². The van der Waals surface area contributed by atoms with Gasteiger partial charge in [-0.15, -0.1) is 4.91 Å². The van der Waals surface area contributed by atoms with Gasteiger partial charge in [-0.25, -0.2) is 4.98 Å². The Labute approximate surface area is 146 Å². The third-order valence-corrected chi connectivity index (χ3v) is 4.98. The zero-order valence-corrected chi connectivity index (χ0v) is 14.1. The Bertz CT molecular complexity index is 865. The highest BCUT2D eigenvalue weighted by Gasteiger charge is 2.37. The zero-order chi connectivity index (χ0) is 18.0. The first-order valence-electron chi connectivity index (χ1n) is 8.26. The molecule has 0 spiro atoms. The highest BCUT2D eigenvalue weighted by Crippen LogP contribution is 2.40. The van der Waals surface area contributed by atoms with Crippen LogP contribution in [0.25, 0.3) is 0 Å². The summed E-state index contributed by atoms with van der Waals surface area (Å²) < 4.78 is 0. The highest BCUT2D eigenvalue weighted by molar-refractivity contribution is 5.77. The van der Waals surface area contributed by atoms with Gasteiger partial charge in [0.2, 0.25) is 5.82 Å². The molecule has 0 aromatic carbocycles. The van der Waals surface area contributed by atoms with Gasteiger partial charge in [-0.3, -0.25) is 4.98 Å². The van der Waals surface area contributed by atoms with Crippen molar-refractivity contribution in [3.05, 3.63) is 45.8 Å². The molecule has 1 saturated carbocycles. The maximum Gasteiger partial charge on any atom is 0.222 e. The summed E-state index contributed by atoms with van der Waals surface area (Å²) >= 11 is 0. The quantitative estimate of drug-likeness (QED) is 0.824. The van der Waals surface area contributed by atoms with Crippen molar-refractivity contribution in [1.82, 2.24) is 9.97 Å². The molecule has 7 nitrogen and oxygen atoms in total. The molecule has 2 aromatic rings. The number of nitrogens with two attached hydrogens (primary N) is 2. The number of hydrogen-bond acceptors (Lipinski definition) is 7. The lowest BCUT2D eigenvalue weighted by Gasteiger charge is -2.20. The summed E-state index contributed by atoms with van der Waals surface area (Å²) in [5.74, 6) is -0.0881. The van der Waals surface area contributed by atoms with E-state index in [4.69, 9.17) is 16.5 Å². The average molecular weight is 336 g/mol. The van der Waals surface area contributed by atoms with Crippen LogP contribution in [0.5, 0.6) is 0 Å². The lowest BCUT2D eigenvalue weighted by atomic mass is 9.84. The predicted molar refractivity (Wildman–Crippen MR) is 96.1 cm³/mol. The van der Waals surface area contributed by atoms with Crippen LogP contribution in [0.2, 0.25) is 0 Å². The molecule has 2 aromatic heterocycles. The average Bonchev–Trinajstić information content (AvgIpc) is 3.12. The number of anilines is 2. The molecular formula is C18H20N6O. The van der Waals surface area contributed by atoms with Gasteiger partial charge in [0, 0.05) is 23.4 Å². The summed E-state index contributed by atoms with van der Waals surface area (Å²) in [6, 6.07) is 8.19. The first kappa shape index (κ1) is 16.8. The molecule has 1 aliphatic carbocycles. The summed E-state index contributed by atoms with van der Waals surface area (Å²) in [5, 5.41) is 12.5. The summed E-state index contributed by atoms with van der Waals surface area (Å²) in [5.41, 5.74) is 14.8. The summed E-state index contributed by atoms with van der Waals surface area (Å²) in [7, 11) is 0. The molecule has 25 heavy (non-hydrogen) atoms. The van der Waals surface area contributed by atoms with Crippen LogP contribution in [0.1, 0.15) is 48.3 Å². The van der Waals surface area contributed by atoms with Gasteiger partial charge in [0.1, 0.15) is 5.69 Å². The maximum absolute atomic E-state index is 10.8. The van der Waals surface area contributed by atoms with Gasteiger partial charge >= 0.3 is 0 Å². The maximum atomic E-state index is 10.8. The molecule has 0 amide bonds. The molecule has 0 saturated heterocycles. The Morgan fingerprint density at radius 3 is 2.60 bits per heavy atom. The second-order valence-electron chi connectivity index (χ2n) is 6.51. The van der Waals surface area contributed by atoms with Crippen LogP contribution < -0.4 is 11.5 Å². The normalized spacial score (nSPS) is 15.7. The summed E-state index contributed by atoms with van der Waals surface area (Å²) in [6.07, 6.45) is 4.21. The Morgan fingerprint density at radius 2 is 1.96 bits per heavy atom. The number of nitriles is 1. The molecular weight excluding hydrogens is 316 g/mol. The summed E-state index contributed by atoms with van der Waals surface area (Å²) in [6.45, 7) is 1.76. The van der Waals surface area contributed by atoms with E-state index in [0.29, 0.717) is 17.8 Å². The van der Waals surface area contributed by atoms with Gasteiger partial charge in [0.05, 0.1) is 22.9 Å². The van der Waals surface area contributed by atoms with E-state index in [1.165, 1.54) is 0 Å². The molecule has 1 fully saturated rings. The number of hydrogen-bond donors (Lipinski definition) is 2. The Balaban J connectivity index is 1.98. The monoisotopic (exact) mass is 336 g/mol. The van der Waals surface area contributed by atoms with E-state index in [2.05, 4.69) is 16.2 Å². The third-order valence-electron chi connectivity index (χ3n) is 4.98. The van der Waals surface area contributed by atoms with E-state index in [0.717, 1.165) is 42.6 Å². The number of nitrogen functional groups attached to an aromatic ring is 2. The van der Waals surface area contributed by atoms with Crippen molar-refractivity contribution >= 4 is 17.2 Å². The standard InChI is InChI=1S/C18H20N6O/c1-11-13(15(20)16(21)17(22-11)24-25)9-12-5-4-6-14(23-12)18(10-19)7-2-3-8-18/h4-6H,2-3,7-9,21H2,1H3,(H2,20,22). The van der Waals surface area contributed by atoms with Crippen LogP contribution in [0.15, 0.2) is 23.4 Å². The number of aromatic nitrogens is 2. The second kappa shape index (κ2) is 6.48. The van der Waals surface area contributed by atoms with Gasteiger partial charge in [-0.05, 0) is 37.1 Å². The van der Waals surface area contributed by atoms with E-state index < -0.39 is 5.41 Å². The molecule has 7 heteroatoms. The van der Waals surface area contributed by atoms with Crippen LogP contribution in [-0.4, -0.2) is 9.97 Å². The molecule has 0 aliphatic heterocycles. The predicted octanol–water partition coefficient (Wildman–Crippen LogP) is 3.27. The van der Waals surface area contributed by atoms with Crippen molar-refractivity contribution < 1.29 is 0 Å². The number of pyridine rings is 2.